The summed E-state index contributed by atoms with van der Waals surface area (Å²) in [6.45, 7) is 8.77. The van der Waals surface area contributed by atoms with Gasteiger partial charge in [0.15, 0.2) is 0 Å². The van der Waals surface area contributed by atoms with Gasteiger partial charge in [0.1, 0.15) is 17.2 Å². The van der Waals surface area contributed by atoms with Crippen molar-refractivity contribution in [2.24, 2.45) is 0 Å². The van der Waals surface area contributed by atoms with Gasteiger partial charge in [0.05, 0.1) is 0 Å². The molecule has 0 radical (unpaired) electrons. The number of hydrogen-bond donors (Lipinski definition) is 2. The summed E-state index contributed by atoms with van der Waals surface area (Å²) in [6, 6.07) is 7.33. The first kappa shape index (κ1) is 26.2. The number of ether oxygens (including phenoxy) is 1. The van der Waals surface area contributed by atoms with Crippen LogP contribution in [0, 0.1) is 5.82 Å². The Labute approximate surface area is 224 Å². The monoisotopic (exact) mass is 519 g/mol. The van der Waals surface area contributed by atoms with Crippen LogP contribution in [0.3, 0.4) is 0 Å². The topological polar surface area (TPSA) is 69.7 Å². The highest BCUT2D eigenvalue weighted by Crippen LogP contribution is 2.35. The van der Waals surface area contributed by atoms with Crippen LogP contribution < -0.4 is 10.6 Å². The maximum atomic E-state index is 14.7. The standard InChI is InChI=1S/C30H38FN5O2/c1-30(2,3)38-29(37)36-17-12-21(13-18-36)26-8-6-23-27(9-14-32-28(23)34-26)33-22-5-7-25(31)24(19-22)20-10-15-35(4)16-11-20/h5,7-9,12,14,19-20H,6,10-11,13,15-18H2,1-4H3,(H2,32,33,34). The Hall–Kier alpha value is -3.39. The molecule has 0 unspecified atom stereocenters. The van der Waals surface area contributed by atoms with E-state index in [9.17, 15) is 9.18 Å². The van der Waals surface area contributed by atoms with Gasteiger partial charge in [-0.15, -0.1) is 0 Å². The first-order valence-electron chi connectivity index (χ1n) is 13.5. The van der Waals surface area contributed by atoms with Gasteiger partial charge in [-0.1, -0.05) is 12.2 Å². The molecular weight excluding hydrogens is 481 g/mol. The molecule has 1 aromatic heterocycles. The summed E-state index contributed by atoms with van der Waals surface area (Å²) in [5.41, 5.74) is 5.45. The molecule has 3 aliphatic heterocycles. The summed E-state index contributed by atoms with van der Waals surface area (Å²) in [7, 11) is 2.12. The Kier molecular flexibility index (Phi) is 7.43. The number of nitrogens with one attached hydrogen (secondary N) is 2. The van der Waals surface area contributed by atoms with Crippen molar-refractivity contribution in [2.75, 3.05) is 43.9 Å². The molecule has 1 fully saturated rings. The number of carbonyl (C=O) groups is 1. The van der Waals surface area contributed by atoms with Gasteiger partial charge in [0, 0.05) is 41.9 Å². The molecule has 202 valence electrons. The van der Waals surface area contributed by atoms with Crippen molar-refractivity contribution in [3.8, 4) is 0 Å². The highest BCUT2D eigenvalue weighted by atomic mass is 19.1. The van der Waals surface area contributed by atoms with E-state index in [0.29, 0.717) is 13.1 Å². The van der Waals surface area contributed by atoms with Gasteiger partial charge in [0.2, 0.25) is 0 Å². The number of benzene rings is 1. The molecular formula is C30H38FN5O2. The van der Waals surface area contributed by atoms with E-state index >= 15 is 0 Å². The molecule has 0 aliphatic carbocycles. The van der Waals surface area contributed by atoms with Crippen LogP contribution in [-0.2, 0) is 11.2 Å². The van der Waals surface area contributed by atoms with Crippen molar-refractivity contribution in [1.29, 1.82) is 0 Å². The molecule has 0 spiro atoms. The van der Waals surface area contributed by atoms with Crippen molar-refractivity contribution < 1.29 is 13.9 Å². The Morgan fingerprint density at radius 1 is 1.16 bits per heavy atom. The van der Waals surface area contributed by atoms with E-state index in [2.05, 4.69) is 39.7 Å². The lowest BCUT2D eigenvalue weighted by atomic mass is 9.89. The zero-order chi connectivity index (χ0) is 26.9. The third kappa shape index (κ3) is 6.01. The molecule has 1 aromatic carbocycles. The summed E-state index contributed by atoms with van der Waals surface area (Å²) >= 11 is 0. The van der Waals surface area contributed by atoms with Crippen LogP contribution in [0.2, 0.25) is 0 Å². The van der Waals surface area contributed by atoms with Crippen LogP contribution in [0.25, 0.3) is 0 Å². The van der Waals surface area contributed by atoms with E-state index in [1.165, 1.54) is 5.57 Å². The van der Waals surface area contributed by atoms with E-state index in [1.54, 1.807) is 23.2 Å². The van der Waals surface area contributed by atoms with E-state index in [0.717, 1.165) is 72.8 Å². The van der Waals surface area contributed by atoms with Crippen LogP contribution in [0.1, 0.15) is 57.1 Å². The molecule has 4 heterocycles. The third-order valence-electron chi connectivity index (χ3n) is 7.46. The maximum absolute atomic E-state index is 14.7. The number of piperidine rings is 1. The maximum Gasteiger partial charge on any atom is 0.410 e. The Balaban J connectivity index is 1.27. The zero-order valence-electron chi connectivity index (χ0n) is 22.8. The Morgan fingerprint density at radius 3 is 2.66 bits per heavy atom. The lowest BCUT2D eigenvalue weighted by Gasteiger charge is -2.31. The smallest absolute Gasteiger partial charge is 0.410 e. The fourth-order valence-corrected chi connectivity index (χ4v) is 5.33. The predicted octanol–water partition coefficient (Wildman–Crippen LogP) is 6.19. The second kappa shape index (κ2) is 10.8. The number of fused-ring (bicyclic) bond motifs is 1. The molecule has 1 amide bonds. The van der Waals surface area contributed by atoms with Gasteiger partial charge in [0.25, 0.3) is 0 Å². The number of aromatic nitrogens is 1. The molecule has 2 N–H and O–H groups in total. The Bertz CT molecular complexity index is 1260. The fraction of sp³-hybridized carbons (Fsp3) is 0.467. The van der Waals surface area contributed by atoms with Gasteiger partial charge in [-0.3, -0.25) is 0 Å². The molecule has 0 bridgehead atoms. The minimum atomic E-state index is -0.502. The average Bonchev–Trinajstić information content (AvgIpc) is 2.89. The predicted molar refractivity (Wildman–Crippen MR) is 149 cm³/mol. The summed E-state index contributed by atoms with van der Waals surface area (Å²) in [5.74, 6) is 0.948. The van der Waals surface area contributed by atoms with Crippen LogP contribution in [-0.4, -0.2) is 59.7 Å². The van der Waals surface area contributed by atoms with Crippen molar-refractivity contribution >= 4 is 23.3 Å². The Morgan fingerprint density at radius 2 is 1.95 bits per heavy atom. The SMILES string of the molecule is CN1CCC(c2cc(Nc3ccnc4c3CC=C(C3=CCN(C(=O)OC(C)(C)C)CC3)N4)ccc2F)CC1. The third-order valence-corrected chi connectivity index (χ3v) is 7.46. The van der Waals surface area contributed by atoms with E-state index in [-0.39, 0.29) is 17.8 Å². The lowest BCUT2D eigenvalue weighted by molar-refractivity contribution is 0.0266. The molecule has 1 saturated heterocycles. The van der Waals surface area contributed by atoms with Crippen LogP contribution >= 0.6 is 0 Å². The van der Waals surface area contributed by atoms with E-state index < -0.39 is 5.60 Å². The second-order valence-electron chi connectivity index (χ2n) is 11.5. The molecule has 0 saturated carbocycles. The number of pyridine rings is 1. The van der Waals surface area contributed by atoms with Gasteiger partial charge < -0.3 is 25.2 Å². The number of nitrogens with zero attached hydrogens (tertiary/aromatic N) is 3. The molecule has 8 heteroatoms. The number of amides is 1. The fourth-order valence-electron chi connectivity index (χ4n) is 5.33. The normalized spacial score (nSPS) is 18.7. The number of hydrogen-bond acceptors (Lipinski definition) is 6. The van der Waals surface area contributed by atoms with Crippen LogP contribution in [0.5, 0.6) is 0 Å². The first-order valence-corrected chi connectivity index (χ1v) is 13.5. The number of rotatable bonds is 4. The van der Waals surface area contributed by atoms with Crippen LogP contribution in [0.15, 0.2) is 53.9 Å². The molecule has 38 heavy (non-hydrogen) atoms. The number of anilines is 3. The number of carbonyl (C=O) groups excluding carboxylic acids is 1. The minimum Gasteiger partial charge on any atom is -0.444 e. The molecule has 0 atom stereocenters. The quantitative estimate of drug-likeness (QED) is 0.502. The van der Waals surface area contributed by atoms with Crippen molar-refractivity contribution in [3.05, 3.63) is 70.8 Å². The summed E-state index contributed by atoms with van der Waals surface area (Å²) in [4.78, 5) is 21.0. The highest BCUT2D eigenvalue weighted by Gasteiger charge is 2.26. The van der Waals surface area contributed by atoms with E-state index in [4.69, 9.17) is 4.74 Å². The zero-order valence-corrected chi connectivity index (χ0v) is 22.8. The van der Waals surface area contributed by atoms with Gasteiger partial charge in [-0.25, -0.2) is 14.2 Å². The summed E-state index contributed by atoms with van der Waals surface area (Å²) in [6.07, 6.45) is 9.21. The van der Waals surface area contributed by atoms with E-state index in [1.807, 2.05) is 32.9 Å². The second-order valence-corrected chi connectivity index (χ2v) is 11.5. The van der Waals surface area contributed by atoms with Crippen molar-refractivity contribution in [2.45, 2.75) is 58.0 Å². The molecule has 3 aliphatic rings. The largest absolute Gasteiger partial charge is 0.444 e. The average molecular weight is 520 g/mol. The molecule has 5 rings (SSSR count). The van der Waals surface area contributed by atoms with Crippen molar-refractivity contribution in [3.63, 3.8) is 0 Å². The molecule has 7 nitrogen and oxygen atoms in total. The number of halogens is 1. The van der Waals surface area contributed by atoms with Gasteiger partial charge in [-0.2, -0.15) is 0 Å². The highest BCUT2D eigenvalue weighted by molar-refractivity contribution is 5.73. The lowest BCUT2D eigenvalue weighted by Crippen LogP contribution is -2.39. The minimum absolute atomic E-state index is 0.123. The molecule has 2 aromatic rings. The van der Waals surface area contributed by atoms with Gasteiger partial charge in [-0.05, 0) is 108 Å². The summed E-state index contributed by atoms with van der Waals surface area (Å²) < 4.78 is 20.2. The van der Waals surface area contributed by atoms with Crippen LogP contribution in [0.4, 0.5) is 26.4 Å². The first-order chi connectivity index (χ1) is 18.2. The van der Waals surface area contributed by atoms with Crippen molar-refractivity contribution in [1.82, 2.24) is 14.8 Å². The number of likely N-dealkylation sites (tertiary alicyclic amines) is 1. The van der Waals surface area contributed by atoms with Gasteiger partial charge >= 0.3 is 6.09 Å². The number of allylic oxidation sites excluding steroid dienone is 2. The summed E-state index contributed by atoms with van der Waals surface area (Å²) in [5, 5.41) is 7.01.